The Balaban J connectivity index is 2.47. The number of benzene rings is 1. The number of carbonyl (C=O) groups excluding carboxylic acids is 3. The van der Waals surface area contributed by atoms with Crippen LogP contribution in [0.5, 0.6) is 5.75 Å². The number of rotatable bonds is 10. The van der Waals surface area contributed by atoms with Crippen LogP contribution in [0.25, 0.3) is 0 Å². The van der Waals surface area contributed by atoms with Crippen LogP contribution in [0.2, 0.25) is 0 Å². The normalized spacial score (nSPS) is 10.9. The van der Waals surface area contributed by atoms with Crippen LogP contribution in [0.3, 0.4) is 0 Å². The molecule has 6 nitrogen and oxygen atoms in total. The van der Waals surface area contributed by atoms with Gasteiger partial charge in [0.05, 0.1) is 13.7 Å². The van der Waals surface area contributed by atoms with Crippen LogP contribution < -0.4 is 4.74 Å². The van der Waals surface area contributed by atoms with E-state index in [9.17, 15) is 14.4 Å². The molecule has 0 heterocycles. The number of hydrogen-bond donors (Lipinski definition) is 0. The van der Waals surface area contributed by atoms with Gasteiger partial charge in [0.1, 0.15) is 18.0 Å². The molecule has 1 rings (SSSR count). The summed E-state index contributed by atoms with van der Waals surface area (Å²) in [5.41, 5.74) is -0.00941. The Kier molecular flexibility index (Phi) is 8.11. The Morgan fingerprint density at radius 1 is 1.08 bits per heavy atom. The van der Waals surface area contributed by atoms with Gasteiger partial charge in [-0.2, -0.15) is 0 Å². The highest BCUT2D eigenvalue weighted by Gasteiger charge is 2.31. The second-order valence-corrected chi connectivity index (χ2v) is 6.12. The molecule has 0 fully saturated rings. The molecule has 138 valence electrons. The van der Waals surface area contributed by atoms with E-state index in [4.69, 9.17) is 9.47 Å². The van der Waals surface area contributed by atoms with Gasteiger partial charge in [-0.3, -0.25) is 9.59 Å². The van der Waals surface area contributed by atoms with Gasteiger partial charge in [0.15, 0.2) is 5.60 Å². The lowest BCUT2D eigenvalue weighted by molar-refractivity contribution is -0.158. The largest absolute Gasteiger partial charge is 0.476 e. The molecule has 0 spiro atoms. The second kappa shape index (κ2) is 9.81. The van der Waals surface area contributed by atoms with Crippen molar-refractivity contribution in [2.75, 3.05) is 13.7 Å². The lowest BCUT2D eigenvalue weighted by Gasteiger charge is -2.24. The molecule has 1 aromatic rings. The summed E-state index contributed by atoms with van der Waals surface area (Å²) in [6.07, 6.45) is 1.54. The summed E-state index contributed by atoms with van der Waals surface area (Å²) in [6, 6.07) is 7.35. The molecule has 25 heavy (non-hydrogen) atoms. The molecule has 0 atom stereocenters. The van der Waals surface area contributed by atoms with Crippen molar-refractivity contribution in [2.45, 2.75) is 52.1 Å². The zero-order chi connectivity index (χ0) is 18.9. The highest BCUT2D eigenvalue weighted by molar-refractivity contribution is 5.95. The molecule has 0 aliphatic rings. The predicted octanol–water partition coefficient (Wildman–Crippen LogP) is 2.86. The number of esters is 2. The quantitative estimate of drug-likeness (QED) is 0.477. The minimum absolute atomic E-state index is 0.122. The number of Topliss-reactive ketones (excluding diaryl/α,β-unsaturated/α-hetero) is 1. The number of hydrogen-bond acceptors (Lipinski definition) is 6. The average Bonchev–Trinajstić information content (AvgIpc) is 2.56. The minimum atomic E-state index is -1.06. The zero-order valence-corrected chi connectivity index (χ0v) is 15.3. The first-order valence-electron chi connectivity index (χ1n) is 8.32. The van der Waals surface area contributed by atoms with Crippen molar-refractivity contribution in [3.8, 4) is 5.75 Å². The fourth-order valence-corrected chi connectivity index (χ4v) is 2.18. The van der Waals surface area contributed by atoms with Gasteiger partial charge in [-0.25, -0.2) is 4.79 Å². The van der Waals surface area contributed by atoms with Gasteiger partial charge in [-0.15, -0.1) is 0 Å². The summed E-state index contributed by atoms with van der Waals surface area (Å²) in [5, 5.41) is 0. The molecule has 0 N–H and O–H groups in total. The molecule has 0 unspecified atom stereocenters. The maximum atomic E-state index is 11.8. The van der Waals surface area contributed by atoms with Gasteiger partial charge in [0.2, 0.25) is 0 Å². The number of carbonyl (C=O) groups is 3. The van der Waals surface area contributed by atoms with E-state index >= 15 is 0 Å². The Morgan fingerprint density at radius 3 is 2.28 bits per heavy atom. The standard InChI is InChI=1S/C19H26O6/c1-5-24-18(22)19(2,3)25-16-11-9-14(10-12-16)7-6-8-15(20)13-17(21)23-4/h9-12H,5-8,13H2,1-4H3. The van der Waals surface area contributed by atoms with Gasteiger partial charge < -0.3 is 14.2 Å². The molecule has 0 aliphatic heterocycles. The van der Waals surface area contributed by atoms with E-state index in [1.165, 1.54) is 7.11 Å². The summed E-state index contributed by atoms with van der Waals surface area (Å²) < 4.78 is 15.1. The lowest BCUT2D eigenvalue weighted by Crippen LogP contribution is -2.39. The van der Waals surface area contributed by atoms with Gasteiger partial charge in [0, 0.05) is 6.42 Å². The SMILES string of the molecule is CCOC(=O)C(C)(C)Oc1ccc(CCCC(=O)CC(=O)OC)cc1. The Labute approximate surface area is 148 Å². The minimum Gasteiger partial charge on any atom is -0.476 e. The van der Waals surface area contributed by atoms with Crippen molar-refractivity contribution in [1.29, 1.82) is 0 Å². The Morgan fingerprint density at radius 2 is 1.72 bits per heavy atom. The van der Waals surface area contributed by atoms with Gasteiger partial charge >= 0.3 is 11.9 Å². The predicted molar refractivity (Wildman–Crippen MR) is 92.4 cm³/mol. The first-order valence-corrected chi connectivity index (χ1v) is 8.32. The van der Waals surface area contributed by atoms with E-state index in [2.05, 4.69) is 4.74 Å². The molecule has 1 aromatic carbocycles. The molecule has 0 amide bonds. The summed E-state index contributed by atoms with van der Waals surface area (Å²) >= 11 is 0. The molecular weight excluding hydrogens is 324 g/mol. The molecular formula is C19H26O6. The van der Waals surface area contributed by atoms with E-state index in [-0.39, 0.29) is 12.2 Å². The number of ketones is 1. The Hall–Kier alpha value is -2.37. The van der Waals surface area contributed by atoms with Crippen LogP contribution in [0.15, 0.2) is 24.3 Å². The monoisotopic (exact) mass is 350 g/mol. The van der Waals surface area contributed by atoms with E-state index in [0.717, 1.165) is 5.56 Å². The van der Waals surface area contributed by atoms with Crippen LogP contribution in [0.1, 0.15) is 45.6 Å². The topological polar surface area (TPSA) is 78.9 Å². The van der Waals surface area contributed by atoms with Crippen molar-refractivity contribution in [1.82, 2.24) is 0 Å². The van der Waals surface area contributed by atoms with Crippen molar-refractivity contribution in [3.63, 3.8) is 0 Å². The third-order valence-corrected chi connectivity index (χ3v) is 3.55. The van der Waals surface area contributed by atoms with Crippen LogP contribution in [0, 0.1) is 0 Å². The number of aryl methyl sites for hydroxylation is 1. The third kappa shape index (κ3) is 7.37. The zero-order valence-electron chi connectivity index (χ0n) is 15.3. The maximum Gasteiger partial charge on any atom is 0.349 e. The fraction of sp³-hybridized carbons (Fsp3) is 0.526. The Bertz CT molecular complexity index is 588. The van der Waals surface area contributed by atoms with E-state index in [0.29, 0.717) is 31.6 Å². The van der Waals surface area contributed by atoms with Crippen molar-refractivity contribution in [3.05, 3.63) is 29.8 Å². The molecule has 0 aromatic heterocycles. The summed E-state index contributed by atoms with van der Waals surface area (Å²) in [5.74, 6) is -0.467. The van der Waals surface area contributed by atoms with Crippen molar-refractivity contribution < 1.29 is 28.6 Å². The van der Waals surface area contributed by atoms with Gasteiger partial charge in [0.25, 0.3) is 0 Å². The van der Waals surface area contributed by atoms with Crippen LogP contribution in [-0.2, 0) is 30.3 Å². The van der Waals surface area contributed by atoms with Crippen LogP contribution in [0.4, 0.5) is 0 Å². The summed E-state index contributed by atoms with van der Waals surface area (Å²) in [6.45, 7) is 5.37. The molecule has 0 bridgehead atoms. The lowest BCUT2D eigenvalue weighted by atomic mass is 10.1. The van der Waals surface area contributed by atoms with E-state index < -0.39 is 17.5 Å². The number of ether oxygens (including phenoxy) is 3. The molecule has 6 heteroatoms. The fourth-order valence-electron chi connectivity index (χ4n) is 2.18. The van der Waals surface area contributed by atoms with Crippen molar-refractivity contribution in [2.24, 2.45) is 0 Å². The first-order chi connectivity index (χ1) is 11.8. The second-order valence-electron chi connectivity index (χ2n) is 6.12. The highest BCUT2D eigenvalue weighted by atomic mass is 16.6. The molecule has 0 saturated heterocycles. The summed E-state index contributed by atoms with van der Waals surface area (Å²) in [7, 11) is 1.27. The van der Waals surface area contributed by atoms with Crippen LogP contribution in [-0.4, -0.2) is 37.0 Å². The smallest absolute Gasteiger partial charge is 0.349 e. The highest BCUT2D eigenvalue weighted by Crippen LogP contribution is 2.21. The third-order valence-electron chi connectivity index (χ3n) is 3.55. The van der Waals surface area contributed by atoms with Gasteiger partial charge in [-0.1, -0.05) is 12.1 Å². The average molecular weight is 350 g/mol. The maximum absolute atomic E-state index is 11.8. The number of methoxy groups -OCH3 is 1. The van der Waals surface area contributed by atoms with E-state index in [1.807, 2.05) is 12.1 Å². The van der Waals surface area contributed by atoms with E-state index in [1.54, 1.807) is 32.9 Å². The molecule has 0 aliphatic carbocycles. The molecule has 0 radical (unpaired) electrons. The summed E-state index contributed by atoms with van der Waals surface area (Å²) in [4.78, 5) is 34.4. The van der Waals surface area contributed by atoms with Gasteiger partial charge in [-0.05, 0) is 51.3 Å². The van der Waals surface area contributed by atoms with Crippen molar-refractivity contribution >= 4 is 17.7 Å². The first kappa shape index (κ1) is 20.7. The molecule has 0 saturated carbocycles. The van der Waals surface area contributed by atoms with Crippen LogP contribution >= 0.6 is 0 Å².